The van der Waals surface area contributed by atoms with Crippen molar-refractivity contribution in [2.24, 2.45) is 0 Å². The fourth-order valence-corrected chi connectivity index (χ4v) is 3.79. The van der Waals surface area contributed by atoms with E-state index in [1.54, 1.807) is 0 Å². The van der Waals surface area contributed by atoms with Crippen LogP contribution in [0, 0.1) is 19.7 Å². The Morgan fingerprint density at radius 3 is 2.18 bits per heavy atom. The summed E-state index contributed by atoms with van der Waals surface area (Å²) in [6, 6.07) is -0.802. The van der Waals surface area contributed by atoms with E-state index in [1.165, 1.54) is 32.0 Å². The van der Waals surface area contributed by atoms with Crippen LogP contribution in [-0.4, -0.2) is 35.8 Å². The zero-order valence-electron chi connectivity index (χ0n) is 17.2. The first-order chi connectivity index (χ1) is 15.2. The van der Waals surface area contributed by atoms with Gasteiger partial charge in [-0.3, -0.25) is 9.59 Å². The number of para-hydroxylation sites is 1. The van der Waals surface area contributed by atoms with Gasteiger partial charge in [-0.1, -0.05) is 24.3 Å². The van der Waals surface area contributed by atoms with Crippen LogP contribution in [-0.2, 0) is 10.5 Å². The van der Waals surface area contributed by atoms with Crippen LogP contribution in [0.3, 0.4) is 0 Å². The number of nitrogens with one attached hydrogen (secondary N) is 1. The molecule has 0 fully saturated rings. The maximum Gasteiger partial charge on any atom is 0.435 e. The van der Waals surface area contributed by atoms with Crippen LogP contribution in [0.4, 0.5) is 42.1 Å². The molecule has 2 N–H and O–H groups in total. The number of aliphatic carboxylic acids is 1. The van der Waals surface area contributed by atoms with Crippen LogP contribution in [0.25, 0.3) is 0 Å². The highest BCUT2D eigenvalue weighted by Crippen LogP contribution is 2.59. The fraction of sp³-hybridized carbons (Fsp3) is 0.333. The lowest BCUT2D eigenvalue weighted by Gasteiger charge is -2.46. The molecule has 0 saturated carbocycles. The number of carbonyl (C=O) groups is 2. The number of fused-ring (bicyclic) bond motifs is 1. The first kappa shape index (κ1) is 24.3. The van der Waals surface area contributed by atoms with Crippen molar-refractivity contribution in [1.82, 2.24) is 0 Å². The SMILES string of the molecule is Cc1cccc(C)c1N1C(=O)c2c(ccc(NCCC(=O)O)c2F)C(F)(C(F)(F)F)C1(F)F. The summed E-state index contributed by atoms with van der Waals surface area (Å²) in [5.74, 6) is -4.86. The molecule has 1 atom stereocenters. The summed E-state index contributed by atoms with van der Waals surface area (Å²) in [7, 11) is 0. The lowest BCUT2D eigenvalue weighted by Crippen LogP contribution is -2.67. The number of hydrogen-bond acceptors (Lipinski definition) is 3. The lowest BCUT2D eigenvalue weighted by atomic mass is 9.82. The molecule has 0 bridgehead atoms. The van der Waals surface area contributed by atoms with Crippen molar-refractivity contribution in [3.63, 3.8) is 0 Å². The highest BCUT2D eigenvalue weighted by atomic mass is 19.4. The molecule has 33 heavy (non-hydrogen) atoms. The predicted molar refractivity (Wildman–Crippen MR) is 104 cm³/mol. The Labute approximate surface area is 182 Å². The van der Waals surface area contributed by atoms with E-state index >= 15 is 17.6 Å². The number of carbonyl (C=O) groups excluding carboxylic acids is 1. The summed E-state index contributed by atoms with van der Waals surface area (Å²) in [5, 5.41) is 10.9. The number of carboxylic acid groups (broad SMARTS) is 1. The molecule has 0 aliphatic carbocycles. The summed E-state index contributed by atoms with van der Waals surface area (Å²) in [4.78, 5) is 23.0. The van der Waals surface area contributed by atoms with Gasteiger partial charge in [0.15, 0.2) is 5.82 Å². The monoisotopic (exact) mass is 478 g/mol. The van der Waals surface area contributed by atoms with Gasteiger partial charge in [-0.2, -0.15) is 22.0 Å². The van der Waals surface area contributed by atoms with Crippen LogP contribution in [0.2, 0.25) is 0 Å². The average molecular weight is 478 g/mol. The van der Waals surface area contributed by atoms with Gasteiger partial charge in [0.05, 0.1) is 23.4 Å². The third-order valence-electron chi connectivity index (χ3n) is 5.33. The molecule has 0 spiro atoms. The molecule has 12 heteroatoms. The number of carboxylic acids is 1. The number of rotatable bonds is 5. The number of alkyl halides is 6. The van der Waals surface area contributed by atoms with E-state index in [0.717, 1.165) is 0 Å². The number of amides is 1. The molecule has 1 amide bonds. The van der Waals surface area contributed by atoms with E-state index in [1.807, 2.05) is 0 Å². The minimum Gasteiger partial charge on any atom is -0.481 e. The molecule has 0 aromatic heterocycles. The van der Waals surface area contributed by atoms with Gasteiger partial charge in [-0.15, -0.1) is 0 Å². The number of halogens is 7. The molecule has 1 heterocycles. The van der Waals surface area contributed by atoms with Crippen molar-refractivity contribution in [3.05, 3.63) is 58.4 Å². The second-order valence-electron chi connectivity index (χ2n) is 7.50. The summed E-state index contributed by atoms with van der Waals surface area (Å²) < 4.78 is 103. The molecule has 1 aliphatic heterocycles. The minimum atomic E-state index is -6.23. The van der Waals surface area contributed by atoms with Gasteiger partial charge in [-0.05, 0) is 31.0 Å². The summed E-state index contributed by atoms with van der Waals surface area (Å²) >= 11 is 0. The highest BCUT2D eigenvalue weighted by molar-refractivity contribution is 6.11. The highest BCUT2D eigenvalue weighted by Gasteiger charge is 2.78. The van der Waals surface area contributed by atoms with E-state index in [2.05, 4.69) is 5.32 Å². The van der Waals surface area contributed by atoms with E-state index in [4.69, 9.17) is 5.11 Å². The predicted octanol–water partition coefficient (Wildman–Crippen LogP) is 5.31. The van der Waals surface area contributed by atoms with Crippen LogP contribution < -0.4 is 10.2 Å². The Morgan fingerprint density at radius 1 is 1.09 bits per heavy atom. The summed E-state index contributed by atoms with van der Waals surface area (Å²) in [6.45, 7) is 2.07. The quantitative estimate of drug-likeness (QED) is 0.452. The molecule has 2 aromatic carbocycles. The van der Waals surface area contributed by atoms with Crippen molar-refractivity contribution in [3.8, 4) is 0 Å². The van der Waals surface area contributed by atoms with E-state index in [0.29, 0.717) is 6.07 Å². The lowest BCUT2D eigenvalue weighted by molar-refractivity contribution is -0.308. The Morgan fingerprint density at radius 2 is 1.67 bits per heavy atom. The van der Waals surface area contributed by atoms with Gasteiger partial charge < -0.3 is 10.4 Å². The van der Waals surface area contributed by atoms with Crippen molar-refractivity contribution in [2.45, 2.75) is 38.2 Å². The van der Waals surface area contributed by atoms with Gasteiger partial charge in [0.2, 0.25) is 0 Å². The minimum absolute atomic E-state index is 0.0628. The second kappa shape index (κ2) is 7.92. The van der Waals surface area contributed by atoms with Crippen LogP contribution >= 0.6 is 0 Å². The van der Waals surface area contributed by atoms with Crippen molar-refractivity contribution in [2.75, 3.05) is 16.8 Å². The zero-order chi connectivity index (χ0) is 24.9. The molecule has 0 saturated heterocycles. The van der Waals surface area contributed by atoms with Crippen LogP contribution in [0.5, 0.6) is 0 Å². The third kappa shape index (κ3) is 3.57. The standard InChI is InChI=1S/C21H17F7N2O3/c1-10-4-3-5-11(2)17(10)30-18(33)15-12(19(23,20(24,25)26)21(30,27)28)6-7-13(16(15)22)29-9-8-14(31)32/h3-7,29H,8-9H2,1-2H3,(H,31,32). The third-order valence-corrected chi connectivity index (χ3v) is 5.33. The first-order valence-corrected chi connectivity index (χ1v) is 9.49. The molecule has 3 rings (SSSR count). The molecule has 2 aromatic rings. The van der Waals surface area contributed by atoms with E-state index in [-0.39, 0.29) is 17.2 Å². The normalized spacial score (nSPS) is 19.9. The Bertz CT molecular complexity index is 1110. The fourth-order valence-electron chi connectivity index (χ4n) is 3.79. The molecule has 178 valence electrons. The number of aryl methyl sites for hydroxylation is 2. The topological polar surface area (TPSA) is 69.6 Å². The van der Waals surface area contributed by atoms with Gasteiger partial charge in [0.1, 0.15) is 0 Å². The van der Waals surface area contributed by atoms with Crippen molar-refractivity contribution >= 4 is 23.3 Å². The maximum absolute atomic E-state index is 15.6. The average Bonchev–Trinajstić information content (AvgIpc) is 2.68. The number of benzene rings is 2. The molecule has 1 unspecified atom stereocenters. The Hall–Kier alpha value is -3.31. The molecule has 0 radical (unpaired) electrons. The smallest absolute Gasteiger partial charge is 0.435 e. The van der Waals surface area contributed by atoms with E-state index in [9.17, 15) is 22.8 Å². The Balaban J connectivity index is 2.32. The van der Waals surface area contributed by atoms with Gasteiger partial charge in [0.25, 0.3) is 5.91 Å². The number of anilines is 2. The number of hydrogen-bond donors (Lipinski definition) is 2. The van der Waals surface area contributed by atoms with E-state index < -0.39 is 76.0 Å². The number of nitrogens with zero attached hydrogens (tertiary/aromatic N) is 1. The largest absolute Gasteiger partial charge is 0.481 e. The second-order valence-corrected chi connectivity index (χ2v) is 7.50. The molecular formula is C21H17F7N2O3. The van der Waals surface area contributed by atoms with Crippen LogP contribution in [0.1, 0.15) is 33.5 Å². The van der Waals surface area contributed by atoms with Crippen molar-refractivity contribution in [1.29, 1.82) is 0 Å². The zero-order valence-corrected chi connectivity index (χ0v) is 17.2. The Kier molecular flexibility index (Phi) is 5.84. The maximum atomic E-state index is 15.6. The van der Waals surface area contributed by atoms with Gasteiger partial charge in [-0.25, -0.2) is 13.7 Å². The first-order valence-electron chi connectivity index (χ1n) is 9.49. The van der Waals surface area contributed by atoms with Crippen molar-refractivity contribution < 1.29 is 45.4 Å². The van der Waals surface area contributed by atoms with Gasteiger partial charge >= 0.3 is 23.9 Å². The summed E-state index contributed by atoms with van der Waals surface area (Å²) in [5.41, 5.74) is -10.3. The summed E-state index contributed by atoms with van der Waals surface area (Å²) in [6.07, 6.45) is -6.75. The molecule has 5 nitrogen and oxygen atoms in total. The van der Waals surface area contributed by atoms with Gasteiger partial charge in [0, 0.05) is 12.1 Å². The van der Waals surface area contributed by atoms with Crippen LogP contribution in [0.15, 0.2) is 30.3 Å². The molecule has 1 aliphatic rings. The molecular weight excluding hydrogens is 461 g/mol.